The summed E-state index contributed by atoms with van der Waals surface area (Å²) in [5.41, 5.74) is 5.59. The Morgan fingerprint density at radius 1 is 0.299 bits per heavy atom. The lowest BCUT2D eigenvalue weighted by molar-refractivity contribution is 0.351. The Labute approximate surface area is 428 Å². The van der Waals surface area contributed by atoms with Crippen LogP contribution in [0.25, 0.3) is 21.5 Å². The lowest BCUT2D eigenvalue weighted by atomic mass is 9.84. The molecule has 0 bridgehead atoms. The third-order valence-electron chi connectivity index (χ3n) is 8.66. The van der Waals surface area contributed by atoms with Crippen molar-refractivity contribution in [3.8, 4) is 0 Å². The second-order valence-electron chi connectivity index (χ2n) is 16.8. The number of fused-ring (bicyclic) bond motifs is 2. The highest BCUT2D eigenvalue weighted by molar-refractivity contribution is 5.86. The summed E-state index contributed by atoms with van der Waals surface area (Å²) < 4.78 is 0. The van der Waals surface area contributed by atoms with E-state index in [1.54, 1.807) is 0 Å². The van der Waals surface area contributed by atoms with E-state index in [1.165, 1.54) is 51.1 Å². The van der Waals surface area contributed by atoms with Crippen molar-refractivity contribution < 1.29 is 0 Å². The van der Waals surface area contributed by atoms with Gasteiger partial charge in [0, 0.05) is 0 Å². The lowest BCUT2D eigenvalue weighted by Gasteiger charge is -2.21. The molecule has 67 heavy (non-hydrogen) atoms. The predicted octanol–water partition coefficient (Wildman–Crippen LogP) is 25.2. The summed E-state index contributed by atoms with van der Waals surface area (Å²) in [7, 11) is 0. The van der Waals surface area contributed by atoms with Crippen molar-refractivity contribution in [3.63, 3.8) is 0 Å². The van der Waals surface area contributed by atoms with Gasteiger partial charge in [-0.2, -0.15) is 0 Å². The van der Waals surface area contributed by atoms with Gasteiger partial charge in [0.1, 0.15) is 0 Å². The zero-order chi connectivity index (χ0) is 53.5. The van der Waals surface area contributed by atoms with Gasteiger partial charge in [0.15, 0.2) is 0 Å². The van der Waals surface area contributed by atoms with E-state index in [9.17, 15) is 0 Å². The van der Waals surface area contributed by atoms with Crippen LogP contribution in [0.1, 0.15) is 266 Å². The highest BCUT2D eigenvalue weighted by Gasteiger charge is 2.33. The molecule has 0 spiro atoms. The van der Waals surface area contributed by atoms with Crippen LogP contribution in [0, 0.1) is 11.3 Å². The second-order valence-corrected chi connectivity index (χ2v) is 16.8. The minimum atomic E-state index is 0. The Bertz CT molecular complexity index is 1590. The maximum absolute atomic E-state index is 2.32. The molecular formula is C67H128. The SMILES string of the molecule is C.C.CC.CC.CC.CC.CC.CC.CC.CC.CC.CC.CC(C)(C)C1CC1.CC(C)(C)c1ccc2ccccc2c1.CC(C)(C)c1cccc2ccccc12.CC(C)(C)c1ccccc1. The van der Waals surface area contributed by atoms with Gasteiger partial charge in [-0.3, -0.25) is 0 Å². The molecule has 5 aromatic rings. The molecule has 1 fully saturated rings. The van der Waals surface area contributed by atoms with Crippen LogP contribution in [0.5, 0.6) is 0 Å². The Hall–Kier alpha value is -3.38. The smallest absolute Gasteiger partial charge is 0.0126 e. The molecule has 0 unspecified atom stereocenters. The Balaban J connectivity index is -0.0000000721. The first-order chi connectivity index (χ1) is 30.9. The van der Waals surface area contributed by atoms with E-state index in [0.717, 1.165) is 5.92 Å². The molecule has 0 aliphatic heterocycles. The number of hydrogen-bond acceptors (Lipinski definition) is 0. The summed E-state index contributed by atoms with van der Waals surface area (Å²) in [6.07, 6.45) is 2.95. The minimum absolute atomic E-state index is 0. The summed E-state index contributed by atoms with van der Waals surface area (Å²) in [6.45, 7) is 67.2. The van der Waals surface area contributed by atoms with Crippen LogP contribution < -0.4 is 0 Å². The predicted molar refractivity (Wildman–Crippen MR) is 330 cm³/mol. The Kier molecular flexibility index (Phi) is 71.5. The fraction of sp³-hybridized carbons (Fsp3) is 0.612. The van der Waals surface area contributed by atoms with Crippen LogP contribution in [0.3, 0.4) is 0 Å². The summed E-state index contributed by atoms with van der Waals surface area (Å²) in [6, 6.07) is 40.9. The van der Waals surface area contributed by atoms with Crippen molar-refractivity contribution in [2.24, 2.45) is 11.3 Å². The van der Waals surface area contributed by atoms with Gasteiger partial charge < -0.3 is 0 Å². The quantitative estimate of drug-likeness (QED) is 0.145. The lowest BCUT2D eigenvalue weighted by Crippen LogP contribution is -2.11. The first-order valence-corrected chi connectivity index (χ1v) is 26.9. The maximum atomic E-state index is 2.32. The van der Waals surface area contributed by atoms with E-state index in [2.05, 4.69) is 198 Å². The highest BCUT2D eigenvalue weighted by Crippen LogP contribution is 2.44. The fourth-order valence-electron chi connectivity index (χ4n) is 5.42. The molecular weight excluding hydrogens is 805 g/mol. The van der Waals surface area contributed by atoms with Crippen LogP contribution in [0.4, 0.5) is 0 Å². The molecule has 0 aromatic heterocycles. The van der Waals surface area contributed by atoms with Gasteiger partial charge in [-0.15, -0.1) is 0 Å². The molecule has 5 aromatic carbocycles. The second kappa shape index (κ2) is 55.2. The van der Waals surface area contributed by atoms with Crippen molar-refractivity contribution >= 4 is 21.5 Å². The van der Waals surface area contributed by atoms with Crippen molar-refractivity contribution in [1.82, 2.24) is 0 Å². The molecule has 0 radical (unpaired) electrons. The third kappa shape index (κ3) is 43.6. The third-order valence-corrected chi connectivity index (χ3v) is 8.66. The maximum Gasteiger partial charge on any atom is -0.0126 e. The summed E-state index contributed by atoms with van der Waals surface area (Å²) in [5.74, 6) is 1.05. The monoisotopic (exact) mass is 933 g/mol. The number of benzene rings is 5. The van der Waals surface area contributed by atoms with Gasteiger partial charge in [0.05, 0.1) is 0 Å². The molecule has 0 N–H and O–H groups in total. The van der Waals surface area contributed by atoms with Crippen molar-refractivity contribution in [2.75, 3.05) is 0 Å². The minimum Gasteiger partial charge on any atom is -0.0776 e. The molecule has 396 valence electrons. The van der Waals surface area contributed by atoms with E-state index in [0.29, 0.717) is 10.8 Å². The molecule has 1 aliphatic rings. The Morgan fingerprint density at radius 3 is 0.940 bits per heavy atom. The molecule has 0 nitrogen and oxygen atoms in total. The number of rotatable bonds is 0. The summed E-state index contributed by atoms with van der Waals surface area (Å²) in [4.78, 5) is 0. The summed E-state index contributed by atoms with van der Waals surface area (Å²) >= 11 is 0. The molecule has 0 heterocycles. The average Bonchev–Trinajstić information content (AvgIpc) is 4.23. The standard InChI is InChI=1S/2C14H16.C10H14.C7H14.10C2H6.2CH4/c1-14(2,3)13-10-6-8-11-7-4-5-9-12(11)13;1-14(2,3)13-9-8-11-6-4-5-7-12(11)10-13;1-10(2,3)9-7-5-4-6-8-9;1-7(2,3)6-4-5-6;10*1-2;;/h2*4-10H,1-3H3;4-8H,1-3H3;6H,4-5H2,1-3H3;10*1-2H3;2*1H4. The average molecular weight is 934 g/mol. The van der Waals surface area contributed by atoms with Crippen LogP contribution in [-0.4, -0.2) is 0 Å². The largest absolute Gasteiger partial charge is 0.0776 e. The zero-order valence-electron chi connectivity index (χ0n) is 50.5. The van der Waals surface area contributed by atoms with Crippen LogP contribution in [-0.2, 0) is 16.2 Å². The topological polar surface area (TPSA) is 0 Å². The fourth-order valence-corrected chi connectivity index (χ4v) is 5.42. The van der Waals surface area contributed by atoms with E-state index in [4.69, 9.17) is 0 Å². The molecule has 1 saturated carbocycles. The Morgan fingerprint density at radius 2 is 0.627 bits per heavy atom. The van der Waals surface area contributed by atoms with Gasteiger partial charge in [-0.1, -0.05) is 352 Å². The first kappa shape index (κ1) is 86.8. The normalized spacial score (nSPS) is 9.97. The first-order valence-electron chi connectivity index (χ1n) is 26.9. The molecule has 1 aliphatic carbocycles. The van der Waals surface area contributed by atoms with Crippen molar-refractivity contribution in [1.29, 1.82) is 0 Å². The zero-order valence-corrected chi connectivity index (χ0v) is 50.5. The van der Waals surface area contributed by atoms with Gasteiger partial charge in [0.2, 0.25) is 0 Å². The highest BCUT2D eigenvalue weighted by atomic mass is 14.4. The van der Waals surface area contributed by atoms with E-state index < -0.39 is 0 Å². The van der Waals surface area contributed by atoms with Gasteiger partial charge >= 0.3 is 0 Å². The molecule has 0 atom stereocenters. The van der Waals surface area contributed by atoms with Crippen LogP contribution in [0.2, 0.25) is 0 Å². The molecule has 6 rings (SSSR count). The number of hydrogen-bond donors (Lipinski definition) is 0. The van der Waals surface area contributed by atoms with E-state index in [-0.39, 0.29) is 25.7 Å². The van der Waals surface area contributed by atoms with E-state index >= 15 is 0 Å². The summed E-state index contributed by atoms with van der Waals surface area (Å²) in [5, 5.41) is 5.36. The molecule has 0 heteroatoms. The van der Waals surface area contributed by atoms with E-state index in [1.807, 2.05) is 138 Å². The van der Waals surface area contributed by atoms with Gasteiger partial charge in [-0.05, 0) is 78.7 Å². The van der Waals surface area contributed by atoms with Crippen molar-refractivity contribution in [2.45, 2.75) is 265 Å². The molecule has 0 saturated heterocycles. The molecule has 0 amide bonds. The van der Waals surface area contributed by atoms with Crippen LogP contribution >= 0.6 is 0 Å². The van der Waals surface area contributed by atoms with Gasteiger partial charge in [0.25, 0.3) is 0 Å². The van der Waals surface area contributed by atoms with Gasteiger partial charge in [-0.25, -0.2) is 0 Å². The van der Waals surface area contributed by atoms with Crippen molar-refractivity contribution in [3.05, 3.63) is 132 Å². The van der Waals surface area contributed by atoms with Crippen LogP contribution in [0.15, 0.2) is 115 Å².